The van der Waals surface area contributed by atoms with Gasteiger partial charge in [0.2, 0.25) is 11.9 Å². The summed E-state index contributed by atoms with van der Waals surface area (Å²) in [5.41, 5.74) is 0.979. The van der Waals surface area contributed by atoms with Gasteiger partial charge < -0.3 is 9.80 Å². The zero-order chi connectivity index (χ0) is 16.7. The molecule has 4 rings (SSSR count). The lowest BCUT2D eigenvalue weighted by molar-refractivity contribution is 0.628. The quantitative estimate of drug-likeness (QED) is 0.764. The molecule has 0 aliphatic carbocycles. The van der Waals surface area contributed by atoms with Crippen LogP contribution >= 0.6 is 11.3 Å². The van der Waals surface area contributed by atoms with E-state index in [4.69, 9.17) is 0 Å². The standard InChI is InChI=1S/C16H18N6OS/c1-10-11(2)24-14-12(10)13(23)19-16(20-14)22-8-6-21(7-9-22)15-17-4-3-5-18-15/h3-5H,6-9H2,1-2H3,(H,19,20,23). The predicted molar refractivity (Wildman–Crippen MR) is 96.2 cm³/mol. The molecule has 8 heteroatoms. The number of nitrogens with zero attached hydrogens (tertiary/aromatic N) is 5. The van der Waals surface area contributed by atoms with Crippen molar-refractivity contribution in [2.45, 2.75) is 13.8 Å². The van der Waals surface area contributed by atoms with Crippen LogP contribution in [0, 0.1) is 13.8 Å². The highest BCUT2D eigenvalue weighted by Gasteiger charge is 2.21. The fraction of sp³-hybridized carbons (Fsp3) is 0.375. The van der Waals surface area contributed by atoms with Crippen LogP contribution in [0.3, 0.4) is 0 Å². The van der Waals surface area contributed by atoms with E-state index in [9.17, 15) is 4.79 Å². The topological polar surface area (TPSA) is 78.0 Å². The molecule has 1 aliphatic rings. The predicted octanol–water partition coefficient (Wildman–Crippen LogP) is 1.72. The molecule has 3 aromatic heterocycles. The summed E-state index contributed by atoms with van der Waals surface area (Å²) in [4.78, 5) is 34.8. The van der Waals surface area contributed by atoms with Gasteiger partial charge in [-0.2, -0.15) is 0 Å². The van der Waals surface area contributed by atoms with E-state index >= 15 is 0 Å². The number of piperazine rings is 1. The number of hydrogen-bond donors (Lipinski definition) is 1. The Hall–Kier alpha value is -2.48. The molecule has 0 spiro atoms. The fourth-order valence-electron chi connectivity index (χ4n) is 2.97. The molecule has 0 aromatic carbocycles. The van der Waals surface area contributed by atoms with Crippen molar-refractivity contribution in [3.63, 3.8) is 0 Å². The fourth-order valence-corrected chi connectivity index (χ4v) is 3.99. The van der Waals surface area contributed by atoms with Crippen LogP contribution in [0.15, 0.2) is 23.3 Å². The van der Waals surface area contributed by atoms with Crippen LogP contribution in [0.5, 0.6) is 0 Å². The van der Waals surface area contributed by atoms with Crippen LogP contribution < -0.4 is 15.4 Å². The first kappa shape index (κ1) is 15.1. The highest BCUT2D eigenvalue weighted by molar-refractivity contribution is 7.18. The lowest BCUT2D eigenvalue weighted by atomic mass is 10.2. The summed E-state index contributed by atoms with van der Waals surface area (Å²) in [7, 11) is 0. The molecular formula is C16H18N6OS. The minimum absolute atomic E-state index is 0.0503. The van der Waals surface area contributed by atoms with Crippen LogP contribution in [-0.4, -0.2) is 46.1 Å². The molecule has 0 saturated carbocycles. The number of thiophene rings is 1. The second kappa shape index (κ2) is 5.86. The molecule has 7 nitrogen and oxygen atoms in total. The largest absolute Gasteiger partial charge is 0.339 e. The first-order valence-electron chi connectivity index (χ1n) is 7.90. The summed E-state index contributed by atoms with van der Waals surface area (Å²) in [6, 6.07) is 1.81. The molecule has 0 unspecified atom stereocenters. The van der Waals surface area contributed by atoms with Gasteiger partial charge >= 0.3 is 0 Å². The summed E-state index contributed by atoms with van der Waals surface area (Å²) >= 11 is 1.58. The number of H-pyrrole nitrogens is 1. The average Bonchev–Trinajstić information content (AvgIpc) is 2.90. The van der Waals surface area contributed by atoms with Gasteiger partial charge in [0.1, 0.15) is 4.83 Å². The monoisotopic (exact) mass is 342 g/mol. The van der Waals surface area contributed by atoms with Crippen molar-refractivity contribution < 1.29 is 0 Å². The van der Waals surface area contributed by atoms with Crippen molar-refractivity contribution in [2.24, 2.45) is 0 Å². The number of rotatable bonds is 2. The lowest BCUT2D eigenvalue weighted by Crippen LogP contribution is -2.48. The van der Waals surface area contributed by atoms with E-state index in [1.165, 1.54) is 0 Å². The minimum Gasteiger partial charge on any atom is -0.339 e. The van der Waals surface area contributed by atoms with Crippen molar-refractivity contribution in [1.29, 1.82) is 0 Å². The van der Waals surface area contributed by atoms with Gasteiger partial charge in [-0.3, -0.25) is 9.78 Å². The van der Waals surface area contributed by atoms with Crippen LogP contribution in [-0.2, 0) is 0 Å². The van der Waals surface area contributed by atoms with Crippen molar-refractivity contribution >= 4 is 33.5 Å². The molecule has 0 amide bonds. The SMILES string of the molecule is Cc1sc2nc(N3CCN(c4ncccn4)CC3)[nH]c(=O)c2c1C. The van der Waals surface area contributed by atoms with E-state index in [1.54, 1.807) is 23.7 Å². The van der Waals surface area contributed by atoms with Gasteiger partial charge in [-0.25, -0.2) is 15.0 Å². The number of hydrogen-bond acceptors (Lipinski definition) is 7. The third kappa shape index (κ3) is 2.52. The van der Waals surface area contributed by atoms with Gasteiger partial charge in [-0.05, 0) is 25.5 Å². The first-order valence-corrected chi connectivity index (χ1v) is 8.72. The summed E-state index contributed by atoms with van der Waals surface area (Å²) in [6.45, 7) is 7.15. The normalized spacial score (nSPS) is 15.2. The van der Waals surface area contributed by atoms with Crippen LogP contribution in [0.2, 0.25) is 0 Å². The van der Waals surface area contributed by atoms with Crippen molar-refractivity contribution in [1.82, 2.24) is 19.9 Å². The van der Waals surface area contributed by atoms with Crippen molar-refractivity contribution in [2.75, 3.05) is 36.0 Å². The molecule has 0 atom stereocenters. The molecule has 1 fully saturated rings. The Morgan fingerprint density at radius 1 is 1.08 bits per heavy atom. The molecular weight excluding hydrogens is 324 g/mol. The third-order valence-electron chi connectivity index (χ3n) is 4.44. The number of aromatic amines is 1. The van der Waals surface area contributed by atoms with Gasteiger partial charge in [0, 0.05) is 43.4 Å². The van der Waals surface area contributed by atoms with E-state index in [1.807, 2.05) is 19.9 Å². The first-order chi connectivity index (χ1) is 11.6. The molecule has 0 radical (unpaired) electrons. The van der Waals surface area contributed by atoms with Crippen LogP contribution in [0.25, 0.3) is 10.2 Å². The highest BCUT2D eigenvalue weighted by atomic mass is 32.1. The van der Waals surface area contributed by atoms with Crippen molar-refractivity contribution in [3.05, 3.63) is 39.3 Å². The van der Waals surface area contributed by atoms with E-state index in [-0.39, 0.29) is 5.56 Å². The van der Waals surface area contributed by atoms with Gasteiger partial charge in [0.15, 0.2) is 0 Å². The maximum absolute atomic E-state index is 12.4. The van der Waals surface area contributed by atoms with Crippen LogP contribution in [0.1, 0.15) is 10.4 Å². The number of fused-ring (bicyclic) bond motifs is 1. The number of nitrogens with one attached hydrogen (secondary N) is 1. The second-order valence-electron chi connectivity index (χ2n) is 5.88. The molecule has 1 saturated heterocycles. The van der Waals surface area contributed by atoms with E-state index < -0.39 is 0 Å². The smallest absolute Gasteiger partial charge is 0.261 e. The second-order valence-corrected chi connectivity index (χ2v) is 7.08. The Morgan fingerprint density at radius 3 is 2.46 bits per heavy atom. The Bertz CT molecular complexity index is 927. The number of aryl methyl sites for hydroxylation is 2. The molecule has 124 valence electrons. The molecule has 1 N–H and O–H groups in total. The summed E-state index contributed by atoms with van der Waals surface area (Å²) in [5.74, 6) is 1.40. The van der Waals surface area contributed by atoms with Crippen molar-refractivity contribution in [3.8, 4) is 0 Å². The summed E-state index contributed by atoms with van der Waals surface area (Å²) < 4.78 is 0. The van der Waals surface area contributed by atoms with Crippen LogP contribution in [0.4, 0.5) is 11.9 Å². The van der Waals surface area contributed by atoms with E-state index in [2.05, 4.69) is 29.7 Å². The molecule has 3 aromatic rings. The third-order valence-corrected chi connectivity index (χ3v) is 5.54. The molecule has 1 aliphatic heterocycles. The molecule has 24 heavy (non-hydrogen) atoms. The van der Waals surface area contributed by atoms with E-state index in [0.717, 1.165) is 52.8 Å². The van der Waals surface area contributed by atoms with Gasteiger partial charge in [-0.1, -0.05) is 0 Å². The van der Waals surface area contributed by atoms with E-state index in [0.29, 0.717) is 5.95 Å². The maximum atomic E-state index is 12.4. The van der Waals surface area contributed by atoms with Gasteiger partial charge in [0.25, 0.3) is 5.56 Å². The summed E-state index contributed by atoms with van der Waals surface area (Å²) in [5, 5.41) is 0.720. The zero-order valence-electron chi connectivity index (χ0n) is 13.6. The average molecular weight is 342 g/mol. The Kier molecular flexibility index (Phi) is 3.68. The summed E-state index contributed by atoms with van der Waals surface area (Å²) in [6.07, 6.45) is 3.51. The molecule has 4 heterocycles. The number of aromatic nitrogens is 4. The zero-order valence-corrected chi connectivity index (χ0v) is 14.4. The maximum Gasteiger partial charge on any atom is 0.261 e. The lowest BCUT2D eigenvalue weighted by Gasteiger charge is -2.34. The van der Waals surface area contributed by atoms with Gasteiger partial charge in [0.05, 0.1) is 5.39 Å². The Morgan fingerprint density at radius 2 is 1.75 bits per heavy atom. The minimum atomic E-state index is -0.0503. The van der Waals surface area contributed by atoms with Gasteiger partial charge in [-0.15, -0.1) is 11.3 Å². The highest BCUT2D eigenvalue weighted by Crippen LogP contribution is 2.27. The Labute approximate surface area is 143 Å². The number of anilines is 2. The molecule has 0 bridgehead atoms. The Balaban J connectivity index is 1.58.